The minimum Gasteiger partial charge on any atom is -0.497 e. The lowest BCUT2D eigenvalue weighted by atomic mass is 10.1. The van der Waals surface area contributed by atoms with Gasteiger partial charge >= 0.3 is 5.97 Å². The van der Waals surface area contributed by atoms with E-state index in [2.05, 4.69) is 15.5 Å². The minimum absolute atomic E-state index is 0.0687. The fourth-order valence-electron chi connectivity index (χ4n) is 2.61. The van der Waals surface area contributed by atoms with Gasteiger partial charge in [-0.1, -0.05) is 12.1 Å². The summed E-state index contributed by atoms with van der Waals surface area (Å²) in [6, 6.07) is 7.31. The van der Waals surface area contributed by atoms with Gasteiger partial charge in [0.25, 0.3) is 5.56 Å². The molecule has 3 rings (SSSR count). The van der Waals surface area contributed by atoms with E-state index in [-0.39, 0.29) is 29.3 Å². The van der Waals surface area contributed by atoms with Crippen molar-refractivity contribution in [2.24, 2.45) is 0 Å². The van der Waals surface area contributed by atoms with Crippen molar-refractivity contribution >= 4 is 11.9 Å². The van der Waals surface area contributed by atoms with Crippen LogP contribution in [0.3, 0.4) is 0 Å². The number of carbonyl (C=O) groups is 2. The number of H-pyrrole nitrogens is 1. The Balaban J connectivity index is 1.74. The Kier molecular flexibility index (Phi) is 5.20. The maximum Gasteiger partial charge on any atom is 0.341 e. The standard InChI is InChI=1S/C18H18N4O5/c1-26-12-5-3-11(4-6-12)7-19-15(23)10-22-8-13-16(20-21-17(13)24)14(9-22)18(25)27-2/h3-6,8-9H,7,10H2,1-2H3,(H,19,23)(H,21,24). The Hall–Kier alpha value is -3.62. The molecule has 0 unspecified atom stereocenters. The summed E-state index contributed by atoms with van der Waals surface area (Å²) in [4.78, 5) is 36.0. The molecule has 9 nitrogen and oxygen atoms in total. The summed E-state index contributed by atoms with van der Waals surface area (Å²) in [7, 11) is 2.82. The average molecular weight is 370 g/mol. The van der Waals surface area contributed by atoms with Crippen LogP contribution in [-0.2, 0) is 22.6 Å². The summed E-state index contributed by atoms with van der Waals surface area (Å²) in [6.45, 7) is 0.273. The number of aromatic nitrogens is 3. The summed E-state index contributed by atoms with van der Waals surface area (Å²) < 4.78 is 11.3. The van der Waals surface area contributed by atoms with Crippen LogP contribution in [0.4, 0.5) is 0 Å². The van der Waals surface area contributed by atoms with E-state index in [4.69, 9.17) is 9.47 Å². The van der Waals surface area contributed by atoms with Crippen LogP contribution in [0.15, 0.2) is 41.5 Å². The number of ether oxygens (including phenoxy) is 2. The van der Waals surface area contributed by atoms with Crippen molar-refractivity contribution in [1.82, 2.24) is 20.1 Å². The van der Waals surface area contributed by atoms with Gasteiger partial charge in [-0.15, -0.1) is 0 Å². The van der Waals surface area contributed by atoms with Crippen LogP contribution in [0.5, 0.6) is 5.75 Å². The number of pyridine rings is 1. The lowest BCUT2D eigenvalue weighted by molar-refractivity contribution is -0.121. The van der Waals surface area contributed by atoms with E-state index in [1.807, 2.05) is 24.3 Å². The van der Waals surface area contributed by atoms with Crippen LogP contribution >= 0.6 is 0 Å². The van der Waals surface area contributed by atoms with Crippen LogP contribution in [0.25, 0.3) is 11.3 Å². The largest absolute Gasteiger partial charge is 0.497 e. The second-order valence-corrected chi connectivity index (χ2v) is 5.78. The third-order valence-corrected chi connectivity index (χ3v) is 3.99. The molecule has 2 aliphatic heterocycles. The van der Waals surface area contributed by atoms with Crippen molar-refractivity contribution in [2.45, 2.75) is 13.1 Å². The molecule has 0 fully saturated rings. The molecule has 0 bridgehead atoms. The molecule has 9 heteroatoms. The second-order valence-electron chi connectivity index (χ2n) is 5.78. The van der Waals surface area contributed by atoms with Gasteiger partial charge in [-0.3, -0.25) is 9.59 Å². The van der Waals surface area contributed by atoms with Crippen molar-refractivity contribution in [3.05, 3.63) is 58.1 Å². The van der Waals surface area contributed by atoms with E-state index in [0.717, 1.165) is 11.3 Å². The van der Waals surface area contributed by atoms with Gasteiger partial charge in [-0.25, -0.2) is 9.89 Å². The Morgan fingerprint density at radius 2 is 1.93 bits per heavy atom. The predicted octanol–water partition coefficient (Wildman–Crippen LogP) is 0.788. The van der Waals surface area contributed by atoms with Gasteiger partial charge in [0, 0.05) is 18.9 Å². The number of esters is 1. The molecule has 0 saturated heterocycles. The molecule has 140 valence electrons. The number of carbonyl (C=O) groups excluding carboxylic acids is 2. The van der Waals surface area contributed by atoms with E-state index >= 15 is 0 Å². The topological polar surface area (TPSA) is 115 Å². The highest BCUT2D eigenvalue weighted by Gasteiger charge is 2.22. The zero-order chi connectivity index (χ0) is 19.4. The second kappa shape index (κ2) is 7.73. The normalized spacial score (nSPS) is 10.6. The number of hydrogen-bond acceptors (Lipinski definition) is 6. The molecular formula is C18H18N4O5. The third-order valence-electron chi connectivity index (χ3n) is 3.99. The summed E-state index contributed by atoms with van der Waals surface area (Å²) >= 11 is 0. The third kappa shape index (κ3) is 3.97. The molecule has 1 amide bonds. The van der Waals surface area contributed by atoms with Crippen LogP contribution in [0.1, 0.15) is 15.9 Å². The fraction of sp³-hybridized carbons (Fsp3) is 0.222. The molecule has 0 radical (unpaired) electrons. The van der Waals surface area contributed by atoms with E-state index < -0.39 is 11.5 Å². The lowest BCUT2D eigenvalue weighted by Crippen LogP contribution is -2.27. The van der Waals surface area contributed by atoms with Crippen molar-refractivity contribution in [3.8, 4) is 17.0 Å². The average Bonchev–Trinajstić information content (AvgIpc) is 3.06. The van der Waals surface area contributed by atoms with Crippen LogP contribution in [0.2, 0.25) is 0 Å². The van der Waals surface area contributed by atoms with Gasteiger partial charge in [0.1, 0.15) is 23.6 Å². The Bertz CT molecular complexity index is 990. The Morgan fingerprint density at radius 1 is 1.19 bits per heavy atom. The van der Waals surface area contributed by atoms with Gasteiger partial charge in [-0.2, -0.15) is 5.10 Å². The predicted molar refractivity (Wildman–Crippen MR) is 95.6 cm³/mol. The SMILES string of the molecule is COC(=O)c1cn(CC(=O)NCc2ccc(OC)cc2)cc2c(=O)[nH]nc1-2. The zero-order valence-corrected chi connectivity index (χ0v) is 14.8. The minimum atomic E-state index is -0.639. The number of amides is 1. The van der Waals surface area contributed by atoms with Crippen molar-refractivity contribution in [3.63, 3.8) is 0 Å². The van der Waals surface area contributed by atoms with E-state index in [9.17, 15) is 14.4 Å². The number of benzene rings is 1. The first-order chi connectivity index (χ1) is 13.0. The number of methoxy groups -OCH3 is 2. The fourth-order valence-corrected chi connectivity index (χ4v) is 2.61. The smallest absolute Gasteiger partial charge is 0.341 e. The number of fused-ring (bicyclic) bond motifs is 1. The molecule has 2 heterocycles. The molecule has 1 aromatic rings. The van der Waals surface area contributed by atoms with Crippen LogP contribution < -0.4 is 15.6 Å². The van der Waals surface area contributed by atoms with Gasteiger partial charge < -0.3 is 19.4 Å². The summed E-state index contributed by atoms with van der Waals surface area (Å²) in [5, 5.41) is 8.92. The van der Waals surface area contributed by atoms with E-state index in [1.54, 1.807) is 7.11 Å². The van der Waals surface area contributed by atoms with Crippen molar-refractivity contribution < 1.29 is 19.1 Å². The zero-order valence-electron chi connectivity index (χ0n) is 14.8. The maximum absolute atomic E-state index is 12.2. The van der Waals surface area contributed by atoms with Crippen LogP contribution in [0, 0.1) is 0 Å². The van der Waals surface area contributed by atoms with Gasteiger partial charge in [0.05, 0.1) is 19.8 Å². The summed E-state index contributed by atoms with van der Waals surface area (Å²) in [5.41, 5.74) is 0.999. The highest BCUT2D eigenvalue weighted by atomic mass is 16.5. The molecule has 0 spiro atoms. The lowest BCUT2D eigenvalue weighted by Gasteiger charge is -2.12. The first-order valence-corrected chi connectivity index (χ1v) is 8.08. The Morgan fingerprint density at radius 3 is 2.59 bits per heavy atom. The van der Waals surface area contributed by atoms with Crippen molar-refractivity contribution in [2.75, 3.05) is 14.2 Å². The number of aromatic amines is 1. The monoisotopic (exact) mass is 370 g/mol. The van der Waals surface area contributed by atoms with Gasteiger partial charge in [0.2, 0.25) is 5.91 Å². The molecule has 0 aromatic heterocycles. The molecule has 2 aliphatic rings. The highest BCUT2D eigenvalue weighted by Crippen LogP contribution is 2.20. The van der Waals surface area contributed by atoms with Crippen molar-refractivity contribution in [1.29, 1.82) is 0 Å². The molecule has 0 saturated carbocycles. The highest BCUT2D eigenvalue weighted by molar-refractivity contribution is 5.96. The van der Waals surface area contributed by atoms with Crippen LogP contribution in [-0.4, -0.2) is 40.9 Å². The number of nitrogens with one attached hydrogen (secondary N) is 2. The van der Waals surface area contributed by atoms with Gasteiger partial charge in [0.15, 0.2) is 0 Å². The molecule has 0 aliphatic carbocycles. The first kappa shape index (κ1) is 18.2. The number of hydrogen-bond donors (Lipinski definition) is 2. The molecular weight excluding hydrogens is 352 g/mol. The maximum atomic E-state index is 12.2. The molecule has 2 N–H and O–H groups in total. The summed E-state index contributed by atoms with van der Waals surface area (Å²) in [6.07, 6.45) is 2.90. The number of rotatable bonds is 6. The number of nitrogens with zero attached hydrogens (tertiary/aromatic N) is 2. The van der Waals surface area contributed by atoms with E-state index in [1.165, 1.54) is 24.1 Å². The molecule has 1 aromatic carbocycles. The van der Waals surface area contributed by atoms with Gasteiger partial charge in [-0.05, 0) is 17.7 Å². The van der Waals surface area contributed by atoms with E-state index in [0.29, 0.717) is 6.54 Å². The quantitative estimate of drug-likeness (QED) is 0.620. The first-order valence-electron chi connectivity index (χ1n) is 8.08. The summed E-state index contributed by atoms with van der Waals surface area (Å²) in [5.74, 6) is -0.181. The Labute approximate surface area is 154 Å². The molecule has 0 atom stereocenters. The molecule has 27 heavy (non-hydrogen) atoms.